The van der Waals surface area contributed by atoms with Crippen molar-refractivity contribution in [1.82, 2.24) is 19.7 Å². The molecule has 0 amide bonds. The van der Waals surface area contributed by atoms with Gasteiger partial charge in [0.05, 0.1) is 23.1 Å². The highest BCUT2D eigenvalue weighted by Gasteiger charge is 2.32. The summed E-state index contributed by atoms with van der Waals surface area (Å²) in [6.45, 7) is 38.1. The van der Waals surface area contributed by atoms with Crippen molar-refractivity contribution in [3.8, 4) is 0 Å². The number of rotatable bonds is 6. The fourth-order valence-corrected chi connectivity index (χ4v) is 7.29. The van der Waals surface area contributed by atoms with Crippen molar-refractivity contribution in [2.45, 2.75) is 141 Å². The molecule has 1 aromatic heterocycles. The number of piperidine rings is 2. The molecule has 4 heterocycles. The zero-order chi connectivity index (χ0) is 39.1. The number of hydrogen-bond acceptors (Lipinski definition) is 6. The first-order chi connectivity index (χ1) is 25.3. The Kier molecular flexibility index (Phi) is 24.6. The summed E-state index contributed by atoms with van der Waals surface area (Å²) >= 11 is 0. The van der Waals surface area contributed by atoms with Gasteiger partial charge in [-0.2, -0.15) is 0 Å². The molecule has 0 radical (unpaired) electrons. The number of hydrogen-bond donors (Lipinski definition) is 0. The van der Waals surface area contributed by atoms with Gasteiger partial charge in [0.2, 0.25) is 0 Å². The van der Waals surface area contributed by atoms with Gasteiger partial charge in [-0.3, -0.25) is 14.8 Å². The highest BCUT2D eigenvalue weighted by molar-refractivity contribution is 5.99. The van der Waals surface area contributed by atoms with Gasteiger partial charge in [0.25, 0.3) is 0 Å². The van der Waals surface area contributed by atoms with Crippen LogP contribution in [0.3, 0.4) is 0 Å². The zero-order valence-electron chi connectivity index (χ0n) is 36.6. The first-order valence-electron chi connectivity index (χ1n) is 21.5. The van der Waals surface area contributed by atoms with Crippen LogP contribution >= 0.6 is 0 Å². The molecule has 3 aliphatic heterocycles. The molecule has 0 atom stereocenters. The van der Waals surface area contributed by atoms with Crippen LogP contribution in [-0.4, -0.2) is 97.7 Å². The second kappa shape index (κ2) is 27.0. The molecule has 3 fully saturated rings. The number of pyridine rings is 1. The van der Waals surface area contributed by atoms with E-state index in [4.69, 9.17) is 4.98 Å². The standard InChI is InChI=1S/C34H48N6.2C3H8.3C2H6/c1-5-37-16-12-29(13-17-37)38-20-22-39(23-21-38)30-14-18-40(19-15-30)34-31-24-27(3)8-11-32(31)35-25-33(34)36(4)28-9-6-26(2)7-10-28;2*1-3-2;3*1-2/h6-11,24-25,29-30H,5,12-23H2,1-4H3;2*3H2,1-2H3;3*1-2H3. The number of aromatic nitrogens is 1. The molecule has 52 heavy (non-hydrogen) atoms. The van der Waals surface area contributed by atoms with Crippen LogP contribution in [-0.2, 0) is 0 Å². The molecule has 0 N–H and O–H groups in total. The largest absolute Gasteiger partial charge is 0.369 e. The summed E-state index contributed by atoms with van der Waals surface area (Å²) < 4.78 is 0. The molecule has 296 valence electrons. The van der Waals surface area contributed by atoms with E-state index in [1.165, 1.54) is 118 Å². The number of piperazine rings is 1. The highest BCUT2D eigenvalue weighted by Crippen LogP contribution is 2.40. The van der Waals surface area contributed by atoms with Crippen molar-refractivity contribution in [1.29, 1.82) is 0 Å². The van der Waals surface area contributed by atoms with Crippen LogP contribution in [0.4, 0.5) is 17.1 Å². The molecule has 0 saturated carbocycles. The zero-order valence-corrected chi connectivity index (χ0v) is 36.6. The van der Waals surface area contributed by atoms with Crippen LogP contribution in [0.15, 0.2) is 48.7 Å². The lowest BCUT2D eigenvalue weighted by Crippen LogP contribution is -2.56. The van der Waals surface area contributed by atoms with Gasteiger partial charge in [-0.15, -0.1) is 0 Å². The van der Waals surface area contributed by atoms with Crippen molar-refractivity contribution in [2.75, 3.05) is 75.8 Å². The Morgan fingerprint density at radius 1 is 0.615 bits per heavy atom. The number of benzene rings is 2. The minimum absolute atomic E-state index is 0.702. The first-order valence-corrected chi connectivity index (χ1v) is 21.5. The molecule has 6 heteroatoms. The Morgan fingerprint density at radius 3 is 1.52 bits per heavy atom. The van der Waals surface area contributed by atoms with Gasteiger partial charge in [-0.05, 0) is 83.4 Å². The second-order valence-corrected chi connectivity index (χ2v) is 13.8. The summed E-state index contributed by atoms with van der Waals surface area (Å²) in [5.74, 6) is 0. The summed E-state index contributed by atoms with van der Waals surface area (Å²) in [6.07, 6.45) is 9.76. The Bertz CT molecular complexity index is 1300. The average Bonchev–Trinajstić information content (AvgIpc) is 3.20. The van der Waals surface area contributed by atoms with Gasteiger partial charge in [0.15, 0.2) is 0 Å². The lowest BCUT2D eigenvalue weighted by Gasteiger charge is -2.46. The molecule has 0 aliphatic carbocycles. The molecule has 0 spiro atoms. The summed E-state index contributed by atoms with van der Waals surface area (Å²) in [7, 11) is 2.19. The minimum Gasteiger partial charge on any atom is -0.369 e. The predicted octanol–water partition coefficient (Wildman–Crippen LogP) is 11.6. The number of nitrogens with zero attached hydrogens (tertiary/aromatic N) is 6. The van der Waals surface area contributed by atoms with E-state index in [0.717, 1.165) is 24.6 Å². The number of fused-ring (bicyclic) bond motifs is 1. The summed E-state index contributed by atoms with van der Waals surface area (Å²) in [4.78, 5) is 18.1. The van der Waals surface area contributed by atoms with Gasteiger partial charge in [-0.25, -0.2) is 0 Å². The monoisotopic (exact) mass is 719 g/mol. The van der Waals surface area contributed by atoms with Crippen LogP contribution in [0.5, 0.6) is 0 Å². The van der Waals surface area contributed by atoms with E-state index >= 15 is 0 Å². The van der Waals surface area contributed by atoms with E-state index in [1.54, 1.807) is 0 Å². The maximum Gasteiger partial charge on any atom is 0.0839 e. The molecule has 3 aliphatic rings. The molecular weight excluding hydrogens is 637 g/mol. The van der Waals surface area contributed by atoms with Crippen LogP contribution in [0.25, 0.3) is 10.9 Å². The topological polar surface area (TPSA) is 29.1 Å². The summed E-state index contributed by atoms with van der Waals surface area (Å²) in [5.41, 5.74) is 7.41. The molecule has 0 unspecified atom stereocenters. The van der Waals surface area contributed by atoms with Gasteiger partial charge in [0, 0.05) is 69.5 Å². The smallest absolute Gasteiger partial charge is 0.0839 e. The second-order valence-electron chi connectivity index (χ2n) is 13.8. The van der Waals surface area contributed by atoms with Gasteiger partial charge >= 0.3 is 0 Å². The number of anilines is 3. The number of aryl methyl sites for hydroxylation is 2. The van der Waals surface area contributed by atoms with Crippen molar-refractivity contribution in [2.24, 2.45) is 0 Å². The Balaban J connectivity index is 0.00000101. The van der Waals surface area contributed by atoms with E-state index < -0.39 is 0 Å². The van der Waals surface area contributed by atoms with Crippen LogP contribution in [0, 0.1) is 13.8 Å². The third-order valence-electron chi connectivity index (χ3n) is 9.93. The minimum atomic E-state index is 0.702. The average molecular weight is 719 g/mol. The van der Waals surface area contributed by atoms with Crippen molar-refractivity contribution >= 4 is 28.0 Å². The van der Waals surface area contributed by atoms with E-state index in [1.807, 2.05) is 41.5 Å². The van der Waals surface area contributed by atoms with E-state index in [9.17, 15) is 0 Å². The lowest BCUT2D eigenvalue weighted by molar-refractivity contribution is 0.0384. The van der Waals surface area contributed by atoms with Gasteiger partial charge in [-0.1, -0.05) is 118 Å². The molecule has 3 saturated heterocycles. The fraction of sp³-hybridized carbons (Fsp3) is 0.674. The molecule has 6 rings (SSSR count). The lowest BCUT2D eigenvalue weighted by atomic mass is 9.98. The number of likely N-dealkylation sites (tertiary alicyclic amines) is 1. The normalized spacial score (nSPS) is 17.1. The van der Waals surface area contributed by atoms with Gasteiger partial charge < -0.3 is 14.7 Å². The Labute approximate surface area is 323 Å². The maximum atomic E-state index is 4.90. The van der Waals surface area contributed by atoms with Crippen molar-refractivity contribution in [3.63, 3.8) is 0 Å². The van der Waals surface area contributed by atoms with Crippen LogP contribution < -0.4 is 9.80 Å². The predicted molar refractivity (Wildman–Crippen MR) is 235 cm³/mol. The van der Waals surface area contributed by atoms with E-state index in [0.29, 0.717) is 6.04 Å². The van der Waals surface area contributed by atoms with E-state index in [2.05, 4.69) is 129 Å². The Morgan fingerprint density at radius 2 is 1.06 bits per heavy atom. The Hall–Kier alpha value is -2.67. The van der Waals surface area contributed by atoms with Crippen LogP contribution in [0.1, 0.15) is 126 Å². The maximum absolute atomic E-state index is 4.90. The highest BCUT2D eigenvalue weighted by atomic mass is 15.3. The molecule has 0 bridgehead atoms. The molecule has 6 nitrogen and oxygen atoms in total. The summed E-state index contributed by atoms with van der Waals surface area (Å²) in [6, 6.07) is 17.0. The quantitative estimate of drug-likeness (QED) is 0.252. The molecule has 2 aromatic carbocycles. The van der Waals surface area contributed by atoms with Crippen LogP contribution in [0.2, 0.25) is 0 Å². The third kappa shape index (κ3) is 14.0. The SMILES string of the molecule is CC.CC.CC.CCC.CCC.CCN1CCC(N2CCN(C3CCN(c4c(N(C)c5ccc(C)cc5)cnc5ccc(C)cc45)CC3)CC2)CC1. The molecular formula is C46H82N6. The van der Waals surface area contributed by atoms with E-state index in [-0.39, 0.29) is 0 Å². The van der Waals surface area contributed by atoms with Crippen molar-refractivity contribution < 1.29 is 0 Å². The van der Waals surface area contributed by atoms with Gasteiger partial charge in [0.1, 0.15) is 0 Å². The fourth-order valence-electron chi connectivity index (χ4n) is 7.29. The summed E-state index contributed by atoms with van der Waals surface area (Å²) in [5, 5.41) is 1.28. The van der Waals surface area contributed by atoms with Crippen molar-refractivity contribution in [3.05, 3.63) is 59.8 Å². The third-order valence-corrected chi connectivity index (χ3v) is 9.93. The first kappa shape index (κ1) is 47.4. The molecule has 3 aromatic rings.